The Kier molecular flexibility index (Phi) is 5.67. The molecule has 4 rings (SSSR count). The van der Waals surface area contributed by atoms with E-state index in [-0.39, 0.29) is 22.1 Å². The Bertz CT molecular complexity index is 1140. The fraction of sp³-hybridized carbons (Fsp3) is 0.381. The molecule has 2 heterocycles. The van der Waals surface area contributed by atoms with Gasteiger partial charge in [-0.3, -0.25) is 14.9 Å². The first kappa shape index (κ1) is 21.3. The number of piperidine rings is 1. The molecule has 0 saturated carbocycles. The number of non-ortho nitro benzene ring substituents is 1. The Morgan fingerprint density at radius 3 is 2.48 bits per heavy atom. The molecule has 1 N–H and O–H groups in total. The van der Waals surface area contributed by atoms with Crippen LogP contribution in [0.2, 0.25) is 0 Å². The number of hydrogen-bond acceptors (Lipinski definition) is 6. The molecular formula is C21H24N4O5S. The van der Waals surface area contributed by atoms with Crippen LogP contribution in [-0.4, -0.2) is 50.2 Å². The van der Waals surface area contributed by atoms with Gasteiger partial charge in [-0.05, 0) is 49.1 Å². The van der Waals surface area contributed by atoms with Crippen LogP contribution < -0.4 is 10.2 Å². The molecule has 10 heteroatoms. The summed E-state index contributed by atoms with van der Waals surface area (Å²) in [6, 6.07) is 8.98. The van der Waals surface area contributed by atoms with E-state index in [2.05, 4.69) is 5.32 Å². The third-order valence-corrected chi connectivity index (χ3v) is 7.75. The quantitative estimate of drug-likeness (QED) is 0.560. The summed E-state index contributed by atoms with van der Waals surface area (Å²) in [6.07, 6.45) is 3.29. The van der Waals surface area contributed by atoms with Crippen molar-refractivity contribution < 1.29 is 18.1 Å². The smallest absolute Gasteiger partial charge is 0.270 e. The Balaban J connectivity index is 1.65. The number of rotatable bonds is 5. The van der Waals surface area contributed by atoms with Crippen LogP contribution in [0.1, 0.15) is 35.2 Å². The lowest BCUT2D eigenvalue weighted by Crippen LogP contribution is -2.35. The van der Waals surface area contributed by atoms with E-state index in [1.807, 2.05) is 0 Å². The van der Waals surface area contributed by atoms with Gasteiger partial charge in [-0.2, -0.15) is 4.31 Å². The average Bonchev–Trinajstić information content (AvgIpc) is 3.22. The Hall–Kier alpha value is -2.98. The minimum Gasteiger partial charge on any atom is -0.387 e. The SMILES string of the molecule is CNc1ccc([N+](=O)[O-])cc1C(=O)N1CCc2cc(S(=O)(=O)N3CCCCC3)ccc21. The molecular weight excluding hydrogens is 420 g/mol. The first-order valence-electron chi connectivity index (χ1n) is 10.2. The zero-order chi connectivity index (χ0) is 22.2. The zero-order valence-electron chi connectivity index (χ0n) is 17.2. The van der Waals surface area contributed by atoms with E-state index < -0.39 is 14.9 Å². The van der Waals surface area contributed by atoms with Gasteiger partial charge in [0.15, 0.2) is 0 Å². The van der Waals surface area contributed by atoms with Crippen molar-refractivity contribution in [3.05, 3.63) is 57.6 Å². The predicted octanol–water partition coefficient (Wildman–Crippen LogP) is 3.01. The maximum atomic E-state index is 13.2. The Morgan fingerprint density at radius 2 is 1.81 bits per heavy atom. The lowest BCUT2D eigenvalue weighted by atomic mass is 10.1. The average molecular weight is 445 g/mol. The van der Waals surface area contributed by atoms with Gasteiger partial charge in [-0.1, -0.05) is 6.42 Å². The number of amides is 1. The minimum absolute atomic E-state index is 0.162. The van der Waals surface area contributed by atoms with Crippen LogP contribution in [0, 0.1) is 10.1 Å². The molecule has 9 nitrogen and oxygen atoms in total. The predicted molar refractivity (Wildman–Crippen MR) is 117 cm³/mol. The fourth-order valence-electron chi connectivity index (χ4n) is 4.19. The molecule has 31 heavy (non-hydrogen) atoms. The van der Waals surface area contributed by atoms with Crippen LogP contribution in [0.5, 0.6) is 0 Å². The lowest BCUT2D eigenvalue weighted by molar-refractivity contribution is -0.384. The molecule has 0 radical (unpaired) electrons. The first-order chi connectivity index (χ1) is 14.8. The van der Waals surface area contributed by atoms with Crippen molar-refractivity contribution >= 4 is 33.0 Å². The number of nitrogens with zero attached hydrogens (tertiary/aromatic N) is 3. The van der Waals surface area contributed by atoms with Crippen LogP contribution in [-0.2, 0) is 16.4 Å². The number of benzene rings is 2. The molecule has 0 spiro atoms. The molecule has 2 aliphatic rings. The van der Waals surface area contributed by atoms with E-state index in [1.165, 1.54) is 22.5 Å². The molecule has 1 amide bonds. The third-order valence-electron chi connectivity index (χ3n) is 5.86. The molecule has 0 atom stereocenters. The van der Waals surface area contributed by atoms with E-state index in [4.69, 9.17) is 0 Å². The summed E-state index contributed by atoms with van der Waals surface area (Å²) >= 11 is 0. The summed E-state index contributed by atoms with van der Waals surface area (Å²) in [4.78, 5) is 25.6. The van der Waals surface area contributed by atoms with Gasteiger partial charge < -0.3 is 10.2 Å². The van der Waals surface area contributed by atoms with Gasteiger partial charge in [0.1, 0.15) is 0 Å². The van der Waals surface area contributed by atoms with Crippen LogP contribution in [0.3, 0.4) is 0 Å². The summed E-state index contributed by atoms with van der Waals surface area (Å²) in [7, 11) is -1.91. The van der Waals surface area contributed by atoms with Crippen molar-refractivity contribution in [3.8, 4) is 0 Å². The van der Waals surface area contributed by atoms with Gasteiger partial charge in [0, 0.05) is 50.2 Å². The van der Waals surface area contributed by atoms with Gasteiger partial charge in [0.2, 0.25) is 10.0 Å². The largest absolute Gasteiger partial charge is 0.387 e. The highest BCUT2D eigenvalue weighted by molar-refractivity contribution is 7.89. The molecule has 2 aromatic rings. The maximum absolute atomic E-state index is 13.2. The monoisotopic (exact) mass is 444 g/mol. The molecule has 0 aromatic heterocycles. The first-order valence-corrected chi connectivity index (χ1v) is 11.7. The second kappa shape index (κ2) is 8.27. The van der Waals surface area contributed by atoms with E-state index in [9.17, 15) is 23.3 Å². The Labute approximate surface area is 180 Å². The number of fused-ring (bicyclic) bond motifs is 1. The molecule has 2 aromatic carbocycles. The number of nitro groups is 1. The topological polar surface area (TPSA) is 113 Å². The summed E-state index contributed by atoms with van der Waals surface area (Å²) in [5, 5.41) is 14.1. The number of carbonyl (C=O) groups is 1. The van der Waals surface area contributed by atoms with Crippen molar-refractivity contribution in [2.45, 2.75) is 30.6 Å². The van der Waals surface area contributed by atoms with Gasteiger partial charge >= 0.3 is 0 Å². The number of nitro benzene ring substituents is 1. The molecule has 164 valence electrons. The summed E-state index contributed by atoms with van der Waals surface area (Å²) < 4.78 is 27.5. The lowest BCUT2D eigenvalue weighted by Gasteiger charge is -2.26. The molecule has 0 aliphatic carbocycles. The number of hydrogen-bond donors (Lipinski definition) is 1. The van der Waals surface area contributed by atoms with Crippen molar-refractivity contribution in [3.63, 3.8) is 0 Å². The van der Waals surface area contributed by atoms with Gasteiger partial charge in [0.05, 0.1) is 15.4 Å². The summed E-state index contributed by atoms with van der Waals surface area (Å²) in [6.45, 7) is 1.44. The van der Waals surface area contributed by atoms with Crippen molar-refractivity contribution in [2.75, 3.05) is 36.9 Å². The van der Waals surface area contributed by atoms with Crippen LogP contribution >= 0.6 is 0 Å². The number of nitrogens with one attached hydrogen (secondary N) is 1. The van der Waals surface area contributed by atoms with Crippen molar-refractivity contribution in [2.24, 2.45) is 0 Å². The highest BCUT2D eigenvalue weighted by atomic mass is 32.2. The van der Waals surface area contributed by atoms with Crippen molar-refractivity contribution in [1.29, 1.82) is 0 Å². The van der Waals surface area contributed by atoms with Gasteiger partial charge in [-0.25, -0.2) is 8.42 Å². The van der Waals surface area contributed by atoms with Crippen LogP contribution in [0.25, 0.3) is 0 Å². The third kappa shape index (κ3) is 3.88. The molecule has 0 unspecified atom stereocenters. The van der Waals surface area contributed by atoms with E-state index >= 15 is 0 Å². The summed E-state index contributed by atoms with van der Waals surface area (Å²) in [5.74, 6) is -0.363. The van der Waals surface area contributed by atoms with Crippen molar-refractivity contribution in [1.82, 2.24) is 4.31 Å². The summed E-state index contributed by atoms with van der Waals surface area (Å²) in [5.41, 5.74) is 1.95. The second-order valence-corrected chi connectivity index (χ2v) is 9.64. The number of carbonyl (C=O) groups excluding carboxylic acids is 1. The van der Waals surface area contributed by atoms with E-state index in [0.717, 1.165) is 24.8 Å². The second-order valence-electron chi connectivity index (χ2n) is 7.70. The fourth-order valence-corrected chi connectivity index (χ4v) is 5.76. The standard InChI is InChI=1S/C21H24N4O5S/c1-22-19-7-5-16(25(27)28)14-18(19)21(26)24-12-9-15-13-17(6-8-20(15)24)31(29,30)23-10-3-2-4-11-23/h5-8,13-14,22H,2-4,9-12H2,1H3. The molecule has 1 saturated heterocycles. The van der Waals surface area contributed by atoms with Gasteiger partial charge in [-0.15, -0.1) is 0 Å². The van der Waals surface area contributed by atoms with Crippen LogP contribution in [0.15, 0.2) is 41.3 Å². The zero-order valence-corrected chi connectivity index (χ0v) is 18.0. The maximum Gasteiger partial charge on any atom is 0.270 e. The number of sulfonamides is 1. The molecule has 0 bridgehead atoms. The van der Waals surface area contributed by atoms with E-state index in [1.54, 1.807) is 30.1 Å². The van der Waals surface area contributed by atoms with Gasteiger partial charge in [0.25, 0.3) is 11.6 Å². The highest BCUT2D eigenvalue weighted by Crippen LogP contribution is 2.34. The number of anilines is 2. The minimum atomic E-state index is -3.55. The molecule has 2 aliphatic heterocycles. The highest BCUT2D eigenvalue weighted by Gasteiger charge is 2.31. The van der Waals surface area contributed by atoms with E-state index in [0.29, 0.717) is 37.4 Å². The normalized spacial score (nSPS) is 16.7. The van der Waals surface area contributed by atoms with Crippen LogP contribution in [0.4, 0.5) is 17.1 Å². The Morgan fingerprint density at radius 1 is 1.06 bits per heavy atom. The molecule has 1 fully saturated rings.